The van der Waals surface area contributed by atoms with Gasteiger partial charge in [0.05, 0.1) is 0 Å². The Kier molecular flexibility index (Phi) is 17.2. The van der Waals surface area contributed by atoms with Crippen molar-refractivity contribution in [2.45, 2.75) is 154 Å². The van der Waals surface area contributed by atoms with E-state index in [2.05, 4.69) is 5.32 Å². The summed E-state index contributed by atoms with van der Waals surface area (Å²) in [6.07, 6.45) is 4.44. The maximum atomic E-state index is 13.2. The van der Waals surface area contributed by atoms with E-state index in [1.807, 2.05) is 145 Å². The molecular formula is C55H68N4O10. The van der Waals surface area contributed by atoms with Gasteiger partial charge in [-0.15, -0.1) is 0 Å². The van der Waals surface area contributed by atoms with Gasteiger partial charge in [-0.1, -0.05) is 121 Å². The molecule has 4 heterocycles. The molecule has 4 fully saturated rings. The number of piperidine rings is 2. The number of hydrogen-bond donors (Lipinski definition) is 1. The molecule has 14 nitrogen and oxygen atoms in total. The number of benzene rings is 4. The number of ether oxygens (including phenoxy) is 5. The Labute approximate surface area is 406 Å². The van der Waals surface area contributed by atoms with E-state index < -0.39 is 29.9 Å². The third-order valence-corrected chi connectivity index (χ3v) is 13.7. The van der Waals surface area contributed by atoms with Gasteiger partial charge >= 0.3 is 30.5 Å². The zero-order valence-electron chi connectivity index (χ0n) is 40.6. The molecule has 0 spiro atoms. The fourth-order valence-electron chi connectivity index (χ4n) is 10.2. The van der Waals surface area contributed by atoms with E-state index >= 15 is 0 Å². The Bertz CT molecular complexity index is 2270. The lowest BCUT2D eigenvalue weighted by molar-refractivity contribution is -0.00289. The fraction of sp³-hybridized carbons (Fsp3) is 0.473. The monoisotopic (exact) mass is 944 g/mol. The van der Waals surface area contributed by atoms with Crippen LogP contribution in [0.4, 0.5) is 24.0 Å². The summed E-state index contributed by atoms with van der Waals surface area (Å²) in [5.74, 6) is 0.322. The molecule has 4 unspecified atom stereocenters. The number of carbonyl (C=O) groups is 5. The lowest BCUT2D eigenvalue weighted by atomic mass is 9.85. The highest BCUT2D eigenvalue weighted by Gasteiger charge is 2.48. The van der Waals surface area contributed by atoms with Crippen molar-refractivity contribution in [2.75, 3.05) is 0 Å². The number of alkyl carbamates (subject to hydrolysis) is 1. The molecule has 6 atom stereocenters. The largest absolute Gasteiger partial charge is 0.445 e. The zero-order valence-corrected chi connectivity index (χ0v) is 40.6. The second-order valence-corrected chi connectivity index (χ2v) is 19.8. The number of fused-ring (bicyclic) bond motifs is 4. The van der Waals surface area contributed by atoms with Crippen LogP contribution in [0.3, 0.4) is 0 Å². The number of amides is 5. The van der Waals surface area contributed by atoms with Crippen molar-refractivity contribution in [3.05, 3.63) is 144 Å². The molecule has 4 aliphatic heterocycles. The van der Waals surface area contributed by atoms with Gasteiger partial charge in [-0.3, -0.25) is 0 Å². The molecule has 0 aliphatic carbocycles. The van der Waals surface area contributed by atoms with Crippen LogP contribution in [0.1, 0.15) is 108 Å². The minimum atomic E-state index is -0.764. The summed E-state index contributed by atoms with van der Waals surface area (Å²) < 4.78 is 27.7. The maximum Gasteiger partial charge on any atom is 0.420 e. The van der Waals surface area contributed by atoms with Crippen LogP contribution in [0.2, 0.25) is 0 Å². The molecule has 368 valence electrons. The number of rotatable bonds is 12. The smallest absolute Gasteiger partial charge is 0.420 e. The van der Waals surface area contributed by atoms with Crippen molar-refractivity contribution >= 4 is 30.5 Å². The predicted octanol–water partition coefficient (Wildman–Crippen LogP) is 11.4. The topological polar surface area (TPSA) is 153 Å². The summed E-state index contributed by atoms with van der Waals surface area (Å²) in [5, 5.41) is 2.98. The molecule has 69 heavy (non-hydrogen) atoms. The Hall–Kier alpha value is -6.57. The molecule has 5 amide bonds. The minimum absolute atomic E-state index is 0.00228. The van der Waals surface area contributed by atoms with Crippen molar-refractivity contribution in [3.8, 4) is 0 Å². The Balaban J connectivity index is 0.000000208. The van der Waals surface area contributed by atoms with E-state index in [9.17, 15) is 24.0 Å². The molecule has 4 aliphatic rings. The number of carbonyl (C=O) groups excluding carboxylic acids is 5. The van der Waals surface area contributed by atoms with Crippen LogP contribution in [0.15, 0.2) is 121 Å². The van der Waals surface area contributed by atoms with Crippen molar-refractivity contribution in [1.82, 2.24) is 20.0 Å². The third kappa shape index (κ3) is 14.0. The molecule has 4 saturated heterocycles. The average Bonchev–Trinajstić information content (AvgIpc) is 3.77. The molecule has 8 rings (SSSR count). The molecular weight excluding hydrogens is 877 g/mol. The number of nitrogens with one attached hydrogen (secondary N) is 1. The van der Waals surface area contributed by atoms with Crippen molar-refractivity contribution in [3.63, 3.8) is 0 Å². The van der Waals surface area contributed by atoms with Gasteiger partial charge in [0.15, 0.2) is 0 Å². The van der Waals surface area contributed by atoms with Crippen molar-refractivity contribution in [1.29, 1.82) is 0 Å². The first-order valence-electron chi connectivity index (χ1n) is 24.4. The predicted molar refractivity (Wildman–Crippen MR) is 259 cm³/mol. The lowest BCUT2D eigenvalue weighted by Gasteiger charge is -2.42. The fourth-order valence-corrected chi connectivity index (χ4v) is 10.2. The molecule has 4 bridgehead atoms. The van der Waals surface area contributed by atoms with E-state index in [-0.39, 0.29) is 68.1 Å². The van der Waals surface area contributed by atoms with Gasteiger partial charge < -0.3 is 38.8 Å². The SMILES string of the molecule is C[C@@H](NC(=O)OCc1ccccc1)C1CC2CCC(C1)N2C(=O)OCc1ccccc1.C[C@H](C1CC2CCC(C1)N2C(=O)OCc1ccccc1)N(C(=O)OCc1ccccc1)C(=O)OC(C)(C)C. The molecule has 0 radical (unpaired) electrons. The third-order valence-electron chi connectivity index (χ3n) is 13.7. The van der Waals surface area contributed by atoms with Gasteiger partial charge in [0.2, 0.25) is 0 Å². The number of nitrogens with zero attached hydrogens (tertiary/aromatic N) is 3. The Morgan fingerprint density at radius 2 is 0.870 bits per heavy atom. The lowest BCUT2D eigenvalue weighted by Crippen LogP contribution is -2.54. The molecule has 1 N–H and O–H groups in total. The van der Waals surface area contributed by atoms with Crippen LogP contribution >= 0.6 is 0 Å². The van der Waals surface area contributed by atoms with Crippen LogP contribution in [-0.2, 0) is 50.1 Å². The summed E-state index contributed by atoms with van der Waals surface area (Å²) in [6.45, 7) is 10.0. The highest BCUT2D eigenvalue weighted by molar-refractivity contribution is 5.88. The highest BCUT2D eigenvalue weighted by atomic mass is 16.6. The summed E-state index contributed by atoms with van der Waals surface area (Å²) in [6, 6.07) is 38.2. The van der Waals surface area contributed by atoms with Crippen LogP contribution in [-0.4, -0.2) is 87.0 Å². The summed E-state index contributed by atoms with van der Waals surface area (Å²) in [7, 11) is 0. The summed E-state index contributed by atoms with van der Waals surface area (Å²) in [5.41, 5.74) is 2.96. The van der Waals surface area contributed by atoms with Gasteiger partial charge in [0.1, 0.15) is 32.0 Å². The van der Waals surface area contributed by atoms with Crippen molar-refractivity contribution in [2.24, 2.45) is 11.8 Å². The summed E-state index contributed by atoms with van der Waals surface area (Å²) in [4.78, 5) is 69.2. The van der Waals surface area contributed by atoms with Gasteiger partial charge in [-0.25, -0.2) is 28.9 Å². The first kappa shape index (κ1) is 50.3. The quantitative estimate of drug-likeness (QED) is 0.136. The normalized spacial score (nSPS) is 22.2. The number of hydrogen-bond acceptors (Lipinski definition) is 10. The van der Waals surface area contributed by atoms with Gasteiger partial charge in [-0.05, 0) is 120 Å². The van der Waals surface area contributed by atoms with Crippen LogP contribution in [0.25, 0.3) is 0 Å². The van der Waals surface area contributed by atoms with Crippen LogP contribution in [0.5, 0.6) is 0 Å². The first-order valence-corrected chi connectivity index (χ1v) is 24.4. The van der Waals surface area contributed by atoms with Gasteiger partial charge in [-0.2, -0.15) is 0 Å². The van der Waals surface area contributed by atoms with Gasteiger partial charge in [0, 0.05) is 36.3 Å². The second kappa shape index (κ2) is 23.6. The molecule has 0 aromatic heterocycles. The van der Waals surface area contributed by atoms with Gasteiger partial charge in [0.25, 0.3) is 0 Å². The standard InChI is InChI=1S/C30H38N2O6.C25H30N2O4/c1-21(31(29(35)38-30(2,3)4)27(33)36-19-22-11-7-5-8-12-22)24-17-25-15-16-26(18-24)32(25)28(34)37-20-23-13-9-6-10-14-23;1-18(26-24(28)30-16-19-8-4-2-5-9-19)21-14-22-12-13-23(15-21)27(22)25(29)31-17-20-10-6-3-7-11-20/h5-14,21,24-26H,15-20H2,1-4H3;2-11,18,21-23H,12-17H2,1H3,(H,26,28)/t21-,24?,25?,26?;18-,21?,22?,23?/m11/s1. The molecule has 0 saturated carbocycles. The van der Waals surface area contributed by atoms with E-state index in [0.29, 0.717) is 25.4 Å². The minimum Gasteiger partial charge on any atom is -0.445 e. The van der Waals surface area contributed by atoms with Crippen LogP contribution in [0, 0.1) is 11.8 Å². The molecule has 4 aromatic carbocycles. The van der Waals surface area contributed by atoms with E-state index in [1.54, 1.807) is 20.8 Å². The van der Waals surface area contributed by atoms with Crippen LogP contribution < -0.4 is 5.32 Å². The average molecular weight is 945 g/mol. The highest BCUT2D eigenvalue weighted by Crippen LogP contribution is 2.42. The van der Waals surface area contributed by atoms with E-state index in [4.69, 9.17) is 23.7 Å². The second-order valence-electron chi connectivity index (χ2n) is 19.8. The Morgan fingerprint density at radius 1 is 0.522 bits per heavy atom. The molecule has 14 heteroatoms. The zero-order chi connectivity index (χ0) is 48.9. The first-order chi connectivity index (χ1) is 33.2. The van der Waals surface area contributed by atoms with Crippen molar-refractivity contribution < 1.29 is 47.7 Å². The van der Waals surface area contributed by atoms with E-state index in [1.165, 1.54) is 0 Å². The van der Waals surface area contributed by atoms with E-state index in [0.717, 1.165) is 65.7 Å². The summed E-state index contributed by atoms with van der Waals surface area (Å²) >= 11 is 0. The molecule has 4 aromatic rings. The number of imide groups is 1. The Morgan fingerprint density at radius 3 is 1.25 bits per heavy atom. The maximum absolute atomic E-state index is 13.2.